The molecule has 1 saturated heterocycles. The van der Waals surface area contributed by atoms with Crippen molar-refractivity contribution in [2.45, 2.75) is 50.2 Å². The molecule has 1 aliphatic heterocycles. The molecular formula is C11H23NO5. The Morgan fingerprint density at radius 3 is 2.65 bits per heavy atom. The Labute approximate surface area is 101 Å². The molecule has 0 bridgehead atoms. The minimum absolute atomic E-state index is 0.0479. The fraction of sp³-hybridized carbons (Fsp3) is 1.00. The smallest absolute Gasteiger partial charge is 0.111 e. The van der Waals surface area contributed by atoms with E-state index < -0.39 is 24.4 Å². The summed E-state index contributed by atoms with van der Waals surface area (Å²) in [4.78, 5) is 0. The number of hydrogen-bond acceptors (Lipinski definition) is 6. The van der Waals surface area contributed by atoms with Crippen molar-refractivity contribution in [1.82, 2.24) is 5.32 Å². The van der Waals surface area contributed by atoms with Crippen molar-refractivity contribution in [3.63, 3.8) is 0 Å². The zero-order chi connectivity index (χ0) is 12.8. The number of hydrogen-bond donors (Lipinski definition) is 5. The van der Waals surface area contributed by atoms with Crippen LogP contribution in [-0.2, 0) is 4.74 Å². The summed E-state index contributed by atoms with van der Waals surface area (Å²) in [7, 11) is 0. The molecule has 1 aliphatic rings. The van der Waals surface area contributed by atoms with Gasteiger partial charge in [0, 0.05) is 12.6 Å². The third-order valence-electron chi connectivity index (χ3n) is 3.02. The van der Waals surface area contributed by atoms with E-state index in [9.17, 15) is 15.3 Å². The maximum atomic E-state index is 9.73. The Hall–Kier alpha value is -0.240. The van der Waals surface area contributed by atoms with Gasteiger partial charge in [-0.15, -0.1) is 0 Å². The van der Waals surface area contributed by atoms with Crippen molar-refractivity contribution in [1.29, 1.82) is 0 Å². The first kappa shape index (κ1) is 14.8. The van der Waals surface area contributed by atoms with Gasteiger partial charge in [0.2, 0.25) is 0 Å². The molecule has 0 amide bonds. The summed E-state index contributed by atoms with van der Waals surface area (Å²) in [6.45, 7) is 2.84. The van der Waals surface area contributed by atoms with Gasteiger partial charge in [-0.05, 0) is 26.3 Å². The monoisotopic (exact) mass is 249 g/mol. The second-order valence-electron chi connectivity index (χ2n) is 4.59. The summed E-state index contributed by atoms with van der Waals surface area (Å²) >= 11 is 0. The third-order valence-corrected chi connectivity index (χ3v) is 3.02. The molecule has 0 aromatic carbocycles. The summed E-state index contributed by atoms with van der Waals surface area (Å²) in [6, 6.07) is 0.114. The van der Waals surface area contributed by atoms with Gasteiger partial charge in [-0.2, -0.15) is 0 Å². The molecule has 0 aliphatic carbocycles. The largest absolute Gasteiger partial charge is 0.396 e. The van der Waals surface area contributed by atoms with Crippen molar-refractivity contribution in [2.24, 2.45) is 0 Å². The second-order valence-corrected chi connectivity index (χ2v) is 4.59. The van der Waals surface area contributed by atoms with Crippen molar-refractivity contribution in [2.75, 3.05) is 19.8 Å². The zero-order valence-corrected chi connectivity index (χ0v) is 10.1. The Kier molecular flexibility index (Phi) is 6.32. The summed E-state index contributed by atoms with van der Waals surface area (Å²) in [5.74, 6) is 0. The SMILES string of the molecule is CC(CC1OCC(O)C(O)C1O)NCCCO. The molecule has 6 nitrogen and oxygen atoms in total. The first-order chi connectivity index (χ1) is 8.06. The fourth-order valence-electron chi connectivity index (χ4n) is 1.93. The number of aliphatic hydroxyl groups is 4. The maximum Gasteiger partial charge on any atom is 0.111 e. The van der Waals surface area contributed by atoms with E-state index >= 15 is 0 Å². The predicted molar refractivity (Wildman–Crippen MR) is 61.5 cm³/mol. The standard InChI is InChI=1S/C11H23NO5/c1-7(12-3-2-4-13)5-9-11(16)10(15)8(14)6-17-9/h7-16H,2-6H2,1H3. The molecule has 0 radical (unpaired) electrons. The highest BCUT2D eigenvalue weighted by Gasteiger charge is 2.37. The maximum absolute atomic E-state index is 9.73. The van der Waals surface area contributed by atoms with Gasteiger partial charge in [0.05, 0.1) is 12.7 Å². The molecule has 5 unspecified atom stereocenters. The van der Waals surface area contributed by atoms with E-state index in [2.05, 4.69) is 5.32 Å². The van der Waals surface area contributed by atoms with Crippen molar-refractivity contribution in [3.05, 3.63) is 0 Å². The van der Waals surface area contributed by atoms with Gasteiger partial charge >= 0.3 is 0 Å². The van der Waals surface area contributed by atoms with Crippen LogP contribution in [0.1, 0.15) is 19.8 Å². The average molecular weight is 249 g/mol. The van der Waals surface area contributed by atoms with Crippen LogP contribution in [0, 0.1) is 0 Å². The lowest BCUT2D eigenvalue weighted by atomic mass is 9.95. The van der Waals surface area contributed by atoms with E-state index in [-0.39, 0.29) is 19.3 Å². The molecular weight excluding hydrogens is 226 g/mol. The van der Waals surface area contributed by atoms with Crippen LogP contribution in [0.3, 0.4) is 0 Å². The number of rotatable bonds is 6. The fourth-order valence-corrected chi connectivity index (χ4v) is 1.93. The molecule has 17 heavy (non-hydrogen) atoms. The van der Waals surface area contributed by atoms with Gasteiger partial charge < -0.3 is 30.5 Å². The second kappa shape index (κ2) is 7.25. The van der Waals surface area contributed by atoms with Crippen molar-refractivity contribution in [3.8, 4) is 0 Å². The van der Waals surface area contributed by atoms with Crippen molar-refractivity contribution >= 4 is 0 Å². The minimum Gasteiger partial charge on any atom is -0.396 e. The number of ether oxygens (including phenoxy) is 1. The topological polar surface area (TPSA) is 102 Å². The molecule has 0 aromatic rings. The summed E-state index contributed by atoms with van der Waals surface area (Å²) in [5.41, 5.74) is 0. The Bertz CT molecular complexity index is 216. The van der Waals surface area contributed by atoms with Crippen LogP contribution in [0.2, 0.25) is 0 Å². The Morgan fingerprint density at radius 1 is 1.29 bits per heavy atom. The van der Waals surface area contributed by atoms with Crippen molar-refractivity contribution < 1.29 is 25.2 Å². The normalized spacial score (nSPS) is 35.8. The van der Waals surface area contributed by atoms with E-state index in [1.165, 1.54) is 0 Å². The van der Waals surface area contributed by atoms with Gasteiger partial charge in [0.15, 0.2) is 0 Å². The molecule has 102 valence electrons. The Balaban J connectivity index is 2.30. The molecule has 0 spiro atoms. The number of aliphatic hydroxyl groups excluding tert-OH is 4. The lowest BCUT2D eigenvalue weighted by Gasteiger charge is -2.36. The summed E-state index contributed by atoms with van der Waals surface area (Å²) in [5, 5.41) is 40.4. The molecule has 1 rings (SSSR count). The third kappa shape index (κ3) is 4.50. The van der Waals surface area contributed by atoms with Gasteiger partial charge in [-0.25, -0.2) is 0 Å². The van der Waals surface area contributed by atoms with E-state index in [1.807, 2.05) is 6.92 Å². The van der Waals surface area contributed by atoms with E-state index in [0.29, 0.717) is 19.4 Å². The zero-order valence-electron chi connectivity index (χ0n) is 10.1. The Morgan fingerprint density at radius 2 is 2.00 bits per heavy atom. The lowest BCUT2D eigenvalue weighted by Crippen LogP contribution is -2.54. The molecule has 6 heteroatoms. The van der Waals surface area contributed by atoms with Crippen LogP contribution < -0.4 is 5.32 Å². The van der Waals surface area contributed by atoms with Crippen LogP contribution in [0.25, 0.3) is 0 Å². The van der Waals surface area contributed by atoms with Gasteiger partial charge in [0.1, 0.15) is 18.3 Å². The first-order valence-corrected chi connectivity index (χ1v) is 6.06. The average Bonchev–Trinajstić information content (AvgIpc) is 2.30. The van der Waals surface area contributed by atoms with Crippen LogP contribution in [0.15, 0.2) is 0 Å². The molecule has 5 atom stereocenters. The quantitative estimate of drug-likeness (QED) is 0.357. The van der Waals surface area contributed by atoms with Gasteiger partial charge in [-0.1, -0.05) is 0 Å². The minimum atomic E-state index is -1.14. The van der Waals surface area contributed by atoms with Gasteiger partial charge in [-0.3, -0.25) is 0 Å². The molecule has 1 heterocycles. The molecule has 0 saturated carbocycles. The van der Waals surface area contributed by atoms with Crippen LogP contribution in [0.5, 0.6) is 0 Å². The number of nitrogens with one attached hydrogen (secondary N) is 1. The van der Waals surface area contributed by atoms with E-state index in [1.54, 1.807) is 0 Å². The summed E-state index contributed by atoms with van der Waals surface area (Å²) in [6.07, 6.45) is -2.45. The lowest BCUT2D eigenvalue weighted by molar-refractivity contribution is -0.189. The molecule has 1 fully saturated rings. The molecule has 5 N–H and O–H groups in total. The van der Waals surface area contributed by atoms with Crippen LogP contribution in [-0.4, -0.2) is 70.6 Å². The predicted octanol–water partition coefficient (Wildman–Crippen LogP) is -1.78. The van der Waals surface area contributed by atoms with E-state index in [4.69, 9.17) is 9.84 Å². The highest BCUT2D eigenvalue weighted by atomic mass is 16.5. The highest BCUT2D eigenvalue weighted by molar-refractivity contribution is 4.88. The van der Waals surface area contributed by atoms with Crippen LogP contribution in [0.4, 0.5) is 0 Å². The van der Waals surface area contributed by atoms with Gasteiger partial charge in [0.25, 0.3) is 0 Å². The van der Waals surface area contributed by atoms with E-state index in [0.717, 1.165) is 0 Å². The summed E-state index contributed by atoms with van der Waals surface area (Å²) < 4.78 is 5.30. The van der Waals surface area contributed by atoms with Crippen LogP contribution >= 0.6 is 0 Å². The molecule has 0 aromatic heterocycles. The highest BCUT2D eigenvalue weighted by Crippen LogP contribution is 2.19. The first-order valence-electron chi connectivity index (χ1n) is 6.06.